The molecule has 2 nitrogen and oxygen atoms in total. The Bertz CT molecular complexity index is 287. The van der Waals surface area contributed by atoms with Crippen molar-refractivity contribution in [3.8, 4) is 0 Å². The van der Waals surface area contributed by atoms with Crippen LogP contribution in [0, 0.1) is 5.41 Å². The Morgan fingerprint density at radius 2 is 2.12 bits per heavy atom. The second kappa shape index (κ2) is 6.00. The van der Waals surface area contributed by atoms with Gasteiger partial charge in [0.15, 0.2) is 0 Å². The lowest BCUT2D eigenvalue weighted by atomic mass is 9.87. The Labute approximate surface area is 99.5 Å². The number of hydrogen-bond acceptors (Lipinski definition) is 2. The SMILES string of the molecule is CNC(CCC(C)(C)C)Cc1cccnc1. The van der Waals surface area contributed by atoms with Crippen molar-refractivity contribution >= 4 is 0 Å². The minimum Gasteiger partial charge on any atom is -0.317 e. The largest absolute Gasteiger partial charge is 0.317 e. The summed E-state index contributed by atoms with van der Waals surface area (Å²) in [6.07, 6.45) is 7.32. The van der Waals surface area contributed by atoms with E-state index in [9.17, 15) is 0 Å². The minimum atomic E-state index is 0.421. The molecule has 1 atom stereocenters. The predicted molar refractivity (Wildman–Crippen MR) is 69.5 cm³/mol. The number of likely N-dealkylation sites (N-methyl/N-ethyl adjacent to an activating group) is 1. The Morgan fingerprint density at radius 1 is 1.38 bits per heavy atom. The summed E-state index contributed by atoms with van der Waals surface area (Å²) in [6, 6.07) is 4.71. The third-order valence-corrected chi connectivity index (χ3v) is 2.86. The molecule has 1 unspecified atom stereocenters. The average Bonchev–Trinajstić information content (AvgIpc) is 2.24. The van der Waals surface area contributed by atoms with Gasteiger partial charge in [-0.25, -0.2) is 0 Å². The van der Waals surface area contributed by atoms with Gasteiger partial charge in [0, 0.05) is 18.4 Å². The monoisotopic (exact) mass is 220 g/mol. The second-order valence-corrected chi connectivity index (χ2v) is 5.65. The van der Waals surface area contributed by atoms with Gasteiger partial charge in [0.2, 0.25) is 0 Å². The summed E-state index contributed by atoms with van der Waals surface area (Å²) < 4.78 is 0. The van der Waals surface area contributed by atoms with E-state index in [4.69, 9.17) is 0 Å². The van der Waals surface area contributed by atoms with Crippen molar-refractivity contribution in [3.05, 3.63) is 30.1 Å². The zero-order valence-corrected chi connectivity index (χ0v) is 11.0. The summed E-state index contributed by atoms with van der Waals surface area (Å²) in [5.74, 6) is 0. The molecule has 0 radical (unpaired) electrons. The van der Waals surface area contributed by atoms with E-state index in [1.807, 2.05) is 25.5 Å². The summed E-state index contributed by atoms with van der Waals surface area (Å²) in [7, 11) is 2.05. The second-order valence-electron chi connectivity index (χ2n) is 5.65. The predicted octanol–water partition coefficient (Wildman–Crippen LogP) is 3.04. The number of aromatic nitrogens is 1. The van der Waals surface area contributed by atoms with Crippen LogP contribution in [-0.2, 0) is 6.42 Å². The quantitative estimate of drug-likeness (QED) is 0.825. The smallest absolute Gasteiger partial charge is 0.0300 e. The van der Waals surface area contributed by atoms with Gasteiger partial charge in [-0.3, -0.25) is 4.98 Å². The molecule has 0 spiro atoms. The van der Waals surface area contributed by atoms with Crippen LogP contribution in [0.4, 0.5) is 0 Å². The van der Waals surface area contributed by atoms with Gasteiger partial charge in [-0.15, -0.1) is 0 Å². The first-order valence-electron chi connectivity index (χ1n) is 6.07. The van der Waals surface area contributed by atoms with Crippen LogP contribution >= 0.6 is 0 Å². The summed E-state index contributed by atoms with van der Waals surface area (Å²) in [4.78, 5) is 4.15. The van der Waals surface area contributed by atoms with E-state index in [0.29, 0.717) is 11.5 Å². The van der Waals surface area contributed by atoms with Crippen LogP contribution in [-0.4, -0.2) is 18.1 Å². The fourth-order valence-electron chi connectivity index (χ4n) is 1.76. The molecule has 0 bridgehead atoms. The molecule has 16 heavy (non-hydrogen) atoms. The van der Waals surface area contributed by atoms with E-state index in [-0.39, 0.29) is 0 Å². The molecular weight excluding hydrogens is 196 g/mol. The van der Waals surface area contributed by atoms with Gasteiger partial charge in [0.05, 0.1) is 0 Å². The molecule has 0 fully saturated rings. The number of nitrogens with one attached hydrogen (secondary N) is 1. The molecule has 0 aliphatic rings. The van der Waals surface area contributed by atoms with Crippen molar-refractivity contribution in [1.82, 2.24) is 10.3 Å². The first kappa shape index (κ1) is 13.2. The van der Waals surface area contributed by atoms with Gasteiger partial charge in [-0.05, 0) is 43.4 Å². The first-order chi connectivity index (χ1) is 7.51. The van der Waals surface area contributed by atoms with Crippen molar-refractivity contribution < 1.29 is 0 Å². The molecule has 0 aromatic carbocycles. The fourth-order valence-corrected chi connectivity index (χ4v) is 1.76. The standard InChI is InChI=1S/C14H24N2/c1-14(2,3)8-7-13(15-4)10-12-6-5-9-16-11-12/h5-6,9,11,13,15H,7-8,10H2,1-4H3. The molecule has 0 amide bonds. The Balaban J connectivity index is 2.44. The summed E-state index contributed by atoms with van der Waals surface area (Å²) in [5, 5.41) is 3.40. The number of nitrogens with zero attached hydrogens (tertiary/aromatic N) is 1. The van der Waals surface area contributed by atoms with Crippen molar-refractivity contribution in [2.24, 2.45) is 5.41 Å². The molecular formula is C14H24N2. The summed E-state index contributed by atoms with van der Waals surface area (Å²) in [5.41, 5.74) is 1.74. The van der Waals surface area contributed by atoms with Gasteiger partial charge >= 0.3 is 0 Å². The molecule has 1 aromatic rings. The van der Waals surface area contributed by atoms with Crippen LogP contribution < -0.4 is 5.32 Å². The van der Waals surface area contributed by atoms with E-state index in [0.717, 1.165) is 6.42 Å². The lowest BCUT2D eigenvalue weighted by Crippen LogP contribution is -2.29. The highest BCUT2D eigenvalue weighted by Gasteiger charge is 2.14. The fraction of sp³-hybridized carbons (Fsp3) is 0.643. The van der Waals surface area contributed by atoms with Crippen LogP contribution in [0.25, 0.3) is 0 Å². The highest BCUT2D eigenvalue weighted by Crippen LogP contribution is 2.22. The Hall–Kier alpha value is -0.890. The molecule has 0 aliphatic heterocycles. The molecule has 2 heteroatoms. The van der Waals surface area contributed by atoms with Crippen LogP contribution in [0.1, 0.15) is 39.2 Å². The zero-order chi connectivity index (χ0) is 12.0. The van der Waals surface area contributed by atoms with Crippen molar-refractivity contribution in [2.45, 2.75) is 46.1 Å². The van der Waals surface area contributed by atoms with E-state index in [2.05, 4.69) is 37.1 Å². The van der Waals surface area contributed by atoms with Crippen LogP contribution in [0.15, 0.2) is 24.5 Å². The molecule has 0 saturated heterocycles. The van der Waals surface area contributed by atoms with E-state index < -0.39 is 0 Å². The molecule has 1 aromatic heterocycles. The maximum atomic E-state index is 4.15. The van der Waals surface area contributed by atoms with E-state index in [1.165, 1.54) is 18.4 Å². The highest BCUT2D eigenvalue weighted by atomic mass is 14.9. The van der Waals surface area contributed by atoms with Gasteiger partial charge < -0.3 is 5.32 Å². The molecule has 1 N–H and O–H groups in total. The van der Waals surface area contributed by atoms with E-state index >= 15 is 0 Å². The topological polar surface area (TPSA) is 24.9 Å². The minimum absolute atomic E-state index is 0.421. The molecule has 0 saturated carbocycles. The molecule has 1 heterocycles. The van der Waals surface area contributed by atoms with Gasteiger partial charge in [0.1, 0.15) is 0 Å². The van der Waals surface area contributed by atoms with Gasteiger partial charge in [0.25, 0.3) is 0 Å². The third-order valence-electron chi connectivity index (χ3n) is 2.86. The van der Waals surface area contributed by atoms with Crippen LogP contribution in [0.5, 0.6) is 0 Å². The number of pyridine rings is 1. The molecule has 0 aliphatic carbocycles. The van der Waals surface area contributed by atoms with E-state index in [1.54, 1.807) is 0 Å². The Morgan fingerprint density at radius 3 is 2.62 bits per heavy atom. The maximum Gasteiger partial charge on any atom is 0.0300 e. The molecule has 1 rings (SSSR count). The highest BCUT2D eigenvalue weighted by molar-refractivity contribution is 5.10. The summed E-state index contributed by atoms with van der Waals surface area (Å²) in [6.45, 7) is 6.89. The van der Waals surface area contributed by atoms with Crippen molar-refractivity contribution in [3.63, 3.8) is 0 Å². The maximum absolute atomic E-state index is 4.15. The lowest BCUT2D eigenvalue weighted by Gasteiger charge is -2.23. The number of hydrogen-bond donors (Lipinski definition) is 1. The first-order valence-corrected chi connectivity index (χ1v) is 6.07. The zero-order valence-electron chi connectivity index (χ0n) is 11.0. The number of rotatable bonds is 5. The lowest BCUT2D eigenvalue weighted by molar-refractivity contribution is 0.334. The third kappa shape index (κ3) is 5.26. The summed E-state index contributed by atoms with van der Waals surface area (Å²) >= 11 is 0. The van der Waals surface area contributed by atoms with Crippen LogP contribution in [0.2, 0.25) is 0 Å². The average molecular weight is 220 g/mol. The molecule has 90 valence electrons. The Kier molecular flexibility index (Phi) is 4.94. The van der Waals surface area contributed by atoms with Crippen molar-refractivity contribution in [1.29, 1.82) is 0 Å². The van der Waals surface area contributed by atoms with Gasteiger partial charge in [-0.2, -0.15) is 0 Å². The van der Waals surface area contributed by atoms with Crippen LogP contribution in [0.3, 0.4) is 0 Å². The van der Waals surface area contributed by atoms with Gasteiger partial charge in [-0.1, -0.05) is 26.8 Å². The normalized spacial score (nSPS) is 13.8. The van der Waals surface area contributed by atoms with Crippen molar-refractivity contribution in [2.75, 3.05) is 7.05 Å².